The molecule has 0 atom stereocenters. The van der Waals surface area contributed by atoms with E-state index in [0.29, 0.717) is 5.16 Å². The van der Waals surface area contributed by atoms with Gasteiger partial charge in [0.05, 0.1) is 11.1 Å². The van der Waals surface area contributed by atoms with E-state index in [-0.39, 0.29) is 11.7 Å². The summed E-state index contributed by atoms with van der Waals surface area (Å²) in [6, 6.07) is 14.0. The Kier molecular flexibility index (Phi) is 4.84. The maximum Gasteiger partial charge on any atom is 0.234 e. The molecule has 0 bridgehead atoms. The van der Waals surface area contributed by atoms with Crippen LogP contribution in [0.25, 0.3) is 26.6 Å². The molecule has 3 aromatic heterocycles. The van der Waals surface area contributed by atoms with Crippen molar-refractivity contribution in [1.29, 1.82) is 0 Å². The summed E-state index contributed by atoms with van der Waals surface area (Å²) >= 11 is 3.19. The maximum atomic E-state index is 12.7. The average Bonchev–Trinajstić information content (AvgIpc) is 3.39. The molecule has 5 aromatic rings. The molecule has 0 saturated carbocycles. The Labute approximate surface area is 193 Å². The van der Waals surface area contributed by atoms with Gasteiger partial charge in [0.15, 0.2) is 10.8 Å². The first-order valence-corrected chi connectivity index (χ1v) is 12.6. The normalized spacial score (nSPS) is 13.7. The minimum absolute atomic E-state index is 0.0669. The van der Waals surface area contributed by atoms with Gasteiger partial charge in [0.25, 0.3) is 0 Å². The number of nitrogens with zero attached hydrogens (tertiary/aromatic N) is 4. The smallest absolute Gasteiger partial charge is 0.234 e. The zero-order valence-electron chi connectivity index (χ0n) is 17.6. The van der Waals surface area contributed by atoms with Crippen molar-refractivity contribution in [3.63, 3.8) is 0 Å². The zero-order valence-corrected chi connectivity index (χ0v) is 19.2. The number of thioether (sulfide) groups is 1. The molecule has 160 valence electrons. The van der Waals surface area contributed by atoms with E-state index in [1.807, 2.05) is 53.8 Å². The lowest BCUT2D eigenvalue weighted by molar-refractivity contribution is -0.113. The quantitative estimate of drug-likeness (QED) is 0.364. The molecule has 0 aliphatic heterocycles. The summed E-state index contributed by atoms with van der Waals surface area (Å²) in [7, 11) is 0. The number of amides is 1. The molecule has 6 nitrogen and oxygen atoms in total. The van der Waals surface area contributed by atoms with Crippen molar-refractivity contribution in [2.45, 2.75) is 37.8 Å². The molecule has 0 spiro atoms. The Bertz CT molecular complexity index is 1500. The fourth-order valence-electron chi connectivity index (χ4n) is 4.53. The van der Waals surface area contributed by atoms with E-state index in [2.05, 4.69) is 15.5 Å². The molecule has 1 N–H and O–H groups in total. The molecule has 0 radical (unpaired) electrons. The van der Waals surface area contributed by atoms with Crippen LogP contribution in [0, 0.1) is 6.92 Å². The van der Waals surface area contributed by atoms with Gasteiger partial charge in [0.2, 0.25) is 5.91 Å². The Morgan fingerprint density at radius 3 is 2.91 bits per heavy atom. The molecule has 2 aromatic carbocycles. The first-order chi connectivity index (χ1) is 15.7. The van der Waals surface area contributed by atoms with Crippen molar-refractivity contribution >= 4 is 61.3 Å². The van der Waals surface area contributed by atoms with E-state index in [1.54, 1.807) is 11.3 Å². The molecule has 3 heterocycles. The number of thiophene rings is 1. The first kappa shape index (κ1) is 19.7. The van der Waals surface area contributed by atoms with Gasteiger partial charge in [0.1, 0.15) is 10.7 Å². The highest BCUT2D eigenvalue weighted by Gasteiger charge is 2.22. The summed E-state index contributed by atoms with van der Waals surface area (Å²) < 4.78 is 2.00. The molecule has 6 rings (SSSR count). The fraction of sp³-hybridized carbons (Fsp3) is 0.250. The number of benzene rings is 2. The number of fused-ring (bicyclic) bond motifs is 6. The molecule has 0 saturated heterocycles. The van der Waals surface area contributed by atoms with Crippen molar-refractivity contribution in [1.82, 2.24) is 19.6 Å². The van der Waals surface area contributed by atoms with Gasteiger partial charge < -0.3 is 5.32 Å². The summed E-state index contributed by atoms with van der Waals surface area (Å²) in [6.45, 7) is 1.98. The standard InChI is InChI=1S/C24H21N5OS2/c1-14-25-23-21(17-10-4-5-12-19(17)32-23)22-27-28-24(29(14)22)31-13-20(30)26-18-11-6-8-15-7-2-3-9-16(15)18/h2-3,6-9,11H,4-5,10,12-13H2,1H3,(H,26,30). The molecule has 0 fully saturated rings. The van der Waals surface area contributed by atoms with Crippen LogP contribution in [0.15, 0.2) is 47.6 Å². The van der Waals surface area contributed by atoms with Crippen LogP contribution in [0.1, 0.15) is 29.1 Å². The monoisotopic (exact) mass is 459 g/mol. The van der Waals surface area contributed by atoms with Crippen LogP contribution in [0.5, 0.6) is 0 Å². The van der Waals surface area contributed by atoms with Gasteiger partial charge in [-0.1, -0.05) is 48.2 Å². The Balaban J connectivity index is 1.28. The lowest BCUT2D eigenvalue weighted by Gasteiger charge is -2.10. The summed E-state index contributed by atoms with van der Waals surface area (Å²) in [5.74, 6) is 1.04. The number of hydrogen-bond donors (Lipinski definition) is 1. The van der Waals surface area contributed by atoms with Gasteiger partial charge in [-0.2, -0.15) is 0 Å². The van der Waals surface area contributed by atoms with E-state index >= 15 is 0 Å². The van der Waals surface area contributed by atoms with E-state index in [4.69, 9.17) is 4.98 Å². The summed E-state index contributed by atoms with van der Waals surface area (Å²) in [4.78, 5) is 20.1. The molecule has 32 heavy (non-hydrogen) atoms. The highest BCUT2D eigenvalue weighted by atomic mass is 32.2. The third kappa shape index (κ3) is 3.25. The fourth-order valence-corrected chi connectivity index (χ4v) is 6.61. The first-order valence-electron chi connectivity index (χ1n) is 10.8. The predicted molar refractivity (Wildman–Crippen MR) is 131 cm³/mol. The number of anilines is 1. The second-order valence-electron chi connectivity index (χ2n) is 8.06. The van der Waals surface area contributed by atoms with Crippen LogP contribution in [0.3, 0.4) is 0 Å². The summed E-state index contributed by atoms with van der Waals surface area (Å²) in [6.07, 6.45) is 4.67. The predicted octanol–water partition coefficient (Wildman–Crippen LogP) is 5.41. The lowest BCUT2D eigenvalue weighted by Crippen LogP contribution is -2.14. The molecular weight excluding hydrogens is 438 g/mol. The summed E-state index contributed by atoms with van der Waals surface area (Å²) in [5.41, 5.74) is 3.08. The van der Waals surface area contributed by atoms with Crippen LogP contribution >= 0.6 is 23.1 Å². The SMILES string of the molecule is Cc1nc2sc3c(c2c2nnc(SCC(=O)Nc4cccc5ccccc45)n12)CCCC3. The van der Waals surface area contributed by atoms with Crippen LogP contribution < -0.4 is 5.32 Å². The van der Waals surface area contributed by atoms with Crippen molar-refractivity contribution in [2.75, 3.05) is 11.1 Å². The minimum Gasteiger partial charge on any atom is -0.325 e. The molecule has 1 aliphatic rings. The number of nitrogens with one attached hydrogen (secondary N) is 1. The van der Waals surface area contributed by atoms with Gasteiger partial charge in [-0.25, -0.2) is 4.98 Å². The van der Waals surface area contributed by atoms with Gasteiger partial charge in [-0.3, -0.25) is 9.20 Å². The number of hydrogen-bond acceptors (Lipinski definition) is 6. The number of rotatable bonds is 4. The topological polar surface area (TPSA) is 72.2 Å². The number of aryl methyl sites for hydroxylation is 3. The van der Waals surface area contributed by atoms with Gasteiger partial charge in [0, 0.05) is 16.0 Å². The van der Waals surface area contributed by atoms with Crippen LogP contribution in [-0.2, 0) is 17.6 Å². The highest BCUT2D eigenvalue weighted by molar-refractivity contribution is 7.99. The summed E-state index contributed by atoms with van der Waals surface area (Å²) in [5, 5.41) is 16.0. The van der Waals surface area contributed by atoms with E-state index in [1.165, 1.54) is 35.0 Å². The molecule has 0 unspecified atom stereocenters. The minimum atomic E-state index is -0.0669. The van der Waals surface area contributed by atoms with E-state index < -0.39 is 0 Å². The maximum absolute atomic E-state index is 12.7. The van der Waals surface area contributed by atoms with Crippen molar-refractivity contribution < 1.29 is 4.79 Å². The Hall–Kier alpha value is -2.97. The average molecular weight is 460 g/mol. The Morgan fingerprint density at radius 1 is 1.12 bits per heavy atom. The van der Waals surface area contributed by atoms with E-state index in [0.717, 1.165) is 51.0 Å². The third-order valence-corrected chi connectivity index (χ3v) is 8.11. The Morgan fingerprint density at radius 2 is 1.97 bits per heavy atom. The largest absolute Gasteiger partial charge is 0.325 e. The van der Waals surface area contributed by atoms with Crippen molar-refractivity contribution in [2.24, 2.45) is 0 Å². The van der Waals surface area contributed by atoms with Gasteiger partial charge >= 0.3 is 0 Å². The molecule has 1 amide bonds. The van der Waals surface area contributed by atoms with Crippen molar-refractivity contribution in [3.8, 4) is 0 Å². The highest BCUT2D eigenvalue weighted by Crippen LogP contribution is 2.38. The second-order valence-corrected chi connectivity index (χ2v) is 10.1. The number of carbonyl (C=O) groups is 1. The second kappa shape index (κ2) is 7.86. The number of aromatic nitrogens is 4. The lowest BCUT2D eigenvalue weighted by atomic mass is 9.97. The number of carbonyl (C=O) groups excluding carboxylic acids is 1. The zero-order chi connectivity index (χ0) is 21.7. The molecular formula is C24H21N5OS2. The van der Waals surface area contributed by atoms with Crippen LogP contribution in [-0.4, -0.2) is 31.2 Å². The van der Waals surface area contributed by atoms with Crippen molar-refractivity contribution in [3.05, 3.63) is 58.7 Å². The van der Waals surface area contributed by atoms with E-state index in [9.17, 15) is 4.79 Å². The van der Waals surface area contributed by atoms with Crippen LogP contribution in [0.4, 0.5) is 5.69 Å². The van der Waals surface area contributed by atoms with Gasteiger partial charge in [-0.05, 0) is 49.6 Å². The van der Waals surface area contributed by atoms with Crippen LogP contribution in [0.2, 0.25) is 0 Å². The molecule has 8 heteroatoms. The third-order valence-electron chi connectivity index (χ3n) is 5.99. The molecule has 1 aliphatic carbocycles. The van der Waals surface area contributed by atoms with Gasteiger partial charge in [-0.15, -0.1) is 21.5 Å².